The Morgan fingerprint density at radius 1 is 0.500 bits per heavy atom. The molecule has 0 N–H and O–H groups in total. The summed E-state index contributed by atoms with van der Waals surface area (Å²) in [5, 5.41) is 0.936. The molecule has 0 radical (unpaired) electrons. The quantitative estimate of drug-likeness (QED) is 0.136. The molecule has 0 saturated carbocycles. The molecular formula is C55H43N5O2. The highest BCUT2D eigenvalue weighted by Gasteiger charge is 2.22. The van der Waals surface area contributed by atoms with E-state index in [-0.39, 0.29) is 0 Å². The first-order valence-corrected chi connectivity index (χ1v) is 21.0. The summed E-state index contributed by atoms with van der Waals surface area (Å²) in [7, 11) is 1.70. The first-order valence-electron chi connectivity index (χ1n) is 21.0. The van der Waals surface area contributed by atoms with Crippen LogP contribution in [0.4, 0.5) is 0 Å². The molecule has 7 nitrogen and oxygen atoms in total. The zero-order chi connectivity index (χ0) is 42.2. The molecule has 10 rings (SSSR count). The number of ether oxygens (including phenoxy) is 1. The van der Waals surface area contributed by atoms with Crippen LogP contribution in [0.3, 0.4) is 0 Å². The number of nitrogens with zero attached hydrogens (tertiary/aromatic N) is 5. The third-order valence-electron chi connectivity index (χ3n) is 11.7. The van der Waals surface area contributed by atoms with E-state index in [0.717, 1.165) is 61.9 Å². The summed E-state index contributed by atoms with van der Waals surface area (Å²) in [6, 6.07) is 57.7. The number of benzene rings is 7. The van der Waals surface area contributed by atoms with E-state index in [1.165, 1.54) is 22.3 Å². The van der Waals surface area contributed by atoms with Gasteiger partial charge in [0.25, 0.3) is 0 Å². The van der Waals surface area contributed by atoms with Gasteiger partial charge in [0.2, 0.25) is 0 Å². The van der Waals surface area contributed by atoms with Gasteiger partial charge >= 0.3 is 0 Å². The summed E-state index contributed by atoms with van der Waals surface area (Å²) in [5.74, 6) is 3.39. The first-order chi connectivity index (χ1) is 30.5. The Labute approximate surface area is 360 Å². The largest absolute Gasteiger partial charge is 0.496 e. The van der Waals surface area contributed by atoms with Crippen LogP contribution in [0.1, 0.15) is 37.3 Å². The van der Waals surface area contributed by atoms with Crippen LogP contribution in [-0.4, -0.2) is 32.0 Å². The van der Waals surface area contributed by atoms with E-state index in [9.17, 15) is 0 Å². The number of aryl methyl sites for hydroxylation is 1. The van der Waals surface area contributed by atoms with Crippen molar-refractivity contribution in [2.24, 2.45) is 0 Å². The van der Waals surface area contributed by atoms with Gasteiger partial charge in [-0.3, -0.25) is 0 Å². The van der Waals surface area contributed by atoms with Crippen molar-refractivity contribution in [1.29, 1.82) is 0 Å². The average Bonchev–Trinajstić information content (AvgIpc) is 3.72. The molecule has 0 saturated heterocycles. The molecule has 7 aromatic carbocycles. The van der Waals surface area contributed by atoms with Gasteiger partial charge < -0.3 is 9.15 Å². The molecule has 7 heteroatoms. The molecule has 62 heavy (non-hydrogen) atoms. The maximum absolute atomic E-state index is 6.46. The number of aromatic nitrogens is 5. The molecular weight excluding hydrogens is 763 g/mol. The van der Waals surface area contributed by atoms with Crippen LogP contribution in [0.2, 0.25) is 0 Å². The molecule has 0 aliphatic rings. The van der Waals surface area contributed by atoms with Gasteiger partial charge in [0.15, 0.2) is 28.9 Å². The second-order valence-corrected chi connectivity index (χ2v) is 15.6. The van der Waals surface area contributed by atoms with Gasteiger partial charge in [-0.05, 0) is 77.4 Å². The molecule has 1 unspecified atom stereocenters. The fourth-order valence-corrected chi connectivity index (χ4v) is 8.27. The Hall–Kier alpha value is -7.77. The van der Waals surface area contributed by atoms with Gasteiger partial charge in [0, 0.05) is 38.8 Å². The van der Waals surface area contributed by atoms with Crippen LogP contribution in [0.15, 0.2) is 174 Å². The lowest BCUT2D eigenvalue weighted by Gasteiger charge is -2.19. The highest BCUT2D eigenvalue weighted by molar-refractivity contribution is 6.07. The summed E-state index contributed by atoms with van der Waals surface area (Å²) >= 11 is 0. The maximum Gasteiger partial charge on any atom is 0.180 e. The molecule has 0 amide bonds. The molecule has 0 bridgehead atoms. The zero-order valence-electron chi connectivity index (χ0n) is 35.0. The predicted molar refractivity (Wildman–Crippen MR) is 251 cm³/mol. The van der Waals surface area contributed by atoms with Gasteiger partial charge in [-0.2, -0.15) is 0 Å². The van der Waals surface area contributed by atoms with E-state index in [2.05, 4.69) is 87.5 Å². The lowest BCUT2D eigenvalue weighted by atomic mass is 9.87. The van der Waals surface area contributed by atoms with Crippen molar-refractivity contribution in [3.8, 4) is 84.8 Å². The van der Waals surface area contributed by atoms with Crippen LogP contribution in [0.25, 0.3) is 101 Å². The van der Waals surface area contributed by atoms with Gasteiger partial charge in [0.05, 0.1) is 7.11 Å². The standard InChI is InChI=1S/C55H43N5O2/c1-5-34(2)46-32-39(29-30-42(46)40-23-13-12-18-35(40)3)54-58-53(37-21-10-7-11-22-37)59-55(60-54)44-25-15-14-24-41(44)43-31-28-38(33-48(43)61-4)49-51-50(45-26-16-17-27-47(45)62-51)57-52(56-49)36-19-8-6-9-20-36/h6-34H,5H2,1-4H3. The number of para-hydroxylation sites is 1. The summed E-state index contributed by atoms with van der Waals surface area (Å²) in [4.78, 5) is 25.7. The minimum Gasteiger partial charge on any atom is -0.496 e. The SMILES string of the molecule is CCC(C)c1cc(-c2nc(-c3ccccc3)nc(-c3ccccc3-c3ccc(-c4nc(-c5ccccc5)nc5c4oc4ccccc45)cc3OC)n2)ccc1-c1ccccc1C. The highest BCUT2D eigenvalue weighted by Crippen LogP contribution is 2.42. The second kappa shape index (κ2) is 16.4. The first kappa shape index (κ1) is 38.4. The predicted octanol–water partition coefficient (Wildman–Crippen LogP) is 14.1. The summed E-state index contributed by atoms with van der Waals surface area (Å²) < 4.78 is 12.7. The van der Waals surface area contributed by atoms with Crippen LogP contribution in [0, 0.1) is 6.92 Å². The minimum absolute atomic E-state index is 0.325. The van der Waals surface area contributed by atoms with Crippen molar-refractivity contribution in [2.45, 2.75) is 33.1 Å². The fraction of sp³-hybridized carbons (Fsp3) is 0.109. The lowest BCUT2D eigenvalue weighted by Crippen LogP contribution is -2.03. The van der Waals surface area contributed by atoms with Crippen molar-refractivity contribution in [3.63, 3.8) is 0 Å². The van der Waals surface area contributed by atoms with Crippen molar-refractivity contribution in [2.75, 3.05) is 7.11 Å². The van der Waals surface area contributed by atoms with Crippen molar-refractivity contribution in [1.82, 2.24) is 24.9 Å². The molecule has 300 valence electrons. The van der Waals surface area contributed by atoms with Gasteiger partial charge in [0.1, 0.15) is 22.5 Å². The van der Waals surface area contributed by atoms with E-state index in [4.69, 9.17) is 34.1 Å². The molecule has 10 aromatic rings. The van der Waals surface area contributed by atoms with Gasteiger partial charge in [-0.1, -0.05) is 153 Å². The highest BCUT2D eigenvalue weighted by atomic mass is 16.5. The summed E-state index contributed by atoms with van der Waals surface area (Å²) in [5.41, 5.74) is 14.1. The topological polar surface area (TPSA) is 86.8 Å². The number of rotatable bonds is 10. The minimum atomic E-state index is 0.325. The number of fused-ring (bicyclic) bond motifs is 3. The zero-order valence-corrected chi connectivity index (χ0v) is 35.0. The Balaban J connectivity index is 1.12. The number of hydrogen-bond donors (Lipinski definition) is 0. The normalized spacial score (nSPS) is 11.9. The van der Waals surface area contributed by atoms with Crippen LogP contribution >= 0.6 is 0 Å². The number of hydrogen-bond acceptors (Lipinski definition) is 7. The summed E-state index contributed by atoms with van der Waals surface area (Å²) in [6.45, 7) is 6.70. The maximum atomic E-state index is 6.46. The van der Waals surface area contributed by atoms with E-state index in [1.54, 1.807) is 7.11 Å². The third kappa shape index (κ3) is 7.07. The van der Waals surface area contributed by atoms with Crippen LogP contribution in [-0.2, 0) is 0 Å². The molecule has 0 spiro atoms. The molecule has 1 atom stereocenters. The fourth-order valence-electron chi connectivity index (χ4n) is 8.27. The molecule has 0 aliphatic heterocycles. The second-order valence-electron chi connectivity index (χ2n) is 15.6. The monoisotopic (exact) mass is 805 g/mol. The lowest BCUT2D eigenvalue weighted by molar-refractivity contribution is 0.416. The third-order valence-corrected chi connectivity index (χ3v) is 11.7. The Morgan fingerprint density at radius 3 is 1.79 bits per heavy atom. The molecule has 3 aromatic heterocycles. The van der Waals surface area contributed by atoms with E-state index in [0.29, 0.717) is 46.2 Å². The van der Waals surface area contributed by atoms with Crippen LogP contribution in [0.5, 0.6) is 5.75 Å². The number of methoxy groups -OCH3 is 1. The molecule has 3 heterocycles. The smallest absolute Gasteiger partial charge is 0.180 e. The Bertz CT molecular complexity index is 3250. The number of furan rings is 1. The van der Waals surface area contributed by atoms with E-state index in [1.807, 2.05) is 103 Å². The average molecular weight is 806 g/mol. The van der Waals surface area contributed by atoms with Gasteiger partial charge in [-0.25, -0.2) is 24.9 Å². The van der Waals surface area contributed by atoms with E-state index < -0.39 is 0 Å². The van der Waals surface area contributed by atoms with Crippen molar-refractivity contribution >= 4 is 22.1 Å². The summed E-state index contributed by atoms with van der Waals surface area (Å²) in [6.07, 6.45) is 1.00. The van der Waals surface area contributed by atoms with Gasteiger partial charge in [-0.15, -0.1) is 0 Å². The van der Waals surface area contributed by atoms with Crippen molar-refractivity contribution < 1.29 is 9.15 Å². The molecule has 0 fully saturated rings. The Kier molecular flexibility index (Phi) is 10.1. The van der Waals surface area contributed by atoms with E-state index >= 15 is 0 Å². The Morgan fingerprint density at radius 2 is 1.08 bits per heavy atom. The van der Waals surface area contributed by atoms with Crippen LogP contribution < -0.4 is 4.74 Å². The molecule has 0 aliphatic carbocycles. The van der Waals surface area contributed by atoms with Crippen molar-refractivity contribution in [3.05, 3.63) is 181 Å².